The number of halogens is 4. The van der Waals surface area contributed by atoms with Crippen molar-refractivity contribution in [2.45, 2.75) is 16.9 Å². The number of urea groups is 1. The summed E-state index contributed by atoms with van der Waals surface area (Å²) in [5, 5.41) is 2.62. The molecule has 0 fully saturated rings. The number of rotatable bonds is 6. The van der Waals surface area contributed by atoms with Gasteiger partial charge in [-0.25, -0.2) is 9.18 Å². The predicted octanol–water partition coefficient (Wildman–Crippen LogP) is 4.76. The molecule has 9 heteroatoms. The largest absolute Gasteiger partial charge is 0.446 e. The molecule has 0 spiro atoms. The summed E-state index contributed by atoms with van der Waals surface area (Å²) in [6.45, 7) is -0.0488. The minimum absolute atomic E-state index is 0.177. The van der Waals surface area contributed by atoms with Crippen LogP contribution in [0.1, 0.15) is 5.56 Å². The fraction of sp³-hybridized carbons (Fsp3) is 0.235. The van der Waals surface area contributed by atoms with Crippen molar-refractivity contribution in [2.75, 3.05) is 18.7 Å². The zero-order chi connectivity index (χ0) is 19.2. The normalized spacial score (nSPS) is 11.3. The minimum atomic E-state index is -4.52. The van der Waals surface area contributed by atoms with Crippen LogP contribution in [0.4, 0.5) is 28.0 Å². The molecule has 0 aliphatic heterocycles. The van der Waals surface area contributed by atoms with Gasteiger partial charge >= 0.3 is 11.5 Å². The van der Waals surface area contributed by atoms with E-state index in [9.17, 15) is 22.4 Å². The van der Waals surface area contributed by atoms with E-state index in [1.165, 1.54) is 7.11 Å². The molecule has 0 heterocycles. The second-order valence-electron chi connectivity index (χ2n) is 5.15. The molecule has 2 rings (SSSR count). The Morgan fingerprint density at radius 2 is 1.88 bits per heavy atom. The number of nitrogens with zero attached hydrogens (tertiary/aromatic N) is 1. The lowest BCUT2D eigenvalue weighted by molar-refractivity contribution is -0.0328. The third-order valence-corrected chi connectivity index (χ3v) is 3.95. The Kier molecular flexibility index (Phi) is 6.87. The Morgan fingerprint density at radius 1 is 1.19 bits per heavy atom. The maximum Gasteiger partial charge on any atom is 0.446 e. The second kappa shape index (κ2) is 8.91. The molecule has 140 valence electrons. The number of ether oxygens (including phenoxy) is 1. The van der Waals surface area contributed by atoms with Crippen molar-refractivity contribution in [1.82, 2.24) is 5.32 Å². The number of nitrogens with one attached hydrogen (secondary N) is 1. The number of alkyl halides is 3. The maximum absolute atomic E-state index is 14.3. The molecule has 0 saturated heterocycles. The van der Waals surface area contributed by atoms with Crippen molar-refractivity contribution >= 4 is 23.5 Å². The van der Waals surface area contributed by atoms with E-state index in [-0.39, 0.29) is 23.9 Å². The van der Waals surface area contributed by atoms with E-state index in [2.05, 4.69) is 5.32 Å². The number of hydrogen-bond acceptors (Lipinski definition) is 3. The Labute approximate surface area is 152 Å². The van der Waals surface area contributed by atoms with E-state index in [0.717, 1.165) is 28.7 Å². The highest BCUT2D eigenvalue weighted by molar-refractivity contribution is 8.00. The first-order chi connectivity index (χ1) is 12.3. The van der Waals surface area contributed by atoms with Gasteiger partial charge in [0.25, 0.3) is 0 Å². The number of thioether (sulfide) groups is 1. The van der Waals surface area contributed by atoms with Crippen LogP contribution in [0.25, 0.3) is 0 Å². The number of amides is 2. The number of benzene rings is 2. The van der Waals surface area contributed by atoms with Crippen molar-refractivity contribution in [3.63, 3.8) is 0 Å². The molecule has 1 N–H and O–H groups in total. The highest BCUT2D eigenvalue weighted by Gasteiger charge is 2.30. The molecule has 0 aliphatic carbocycles. The lowest BCUT2D eigenvalue weighted by atomic mass is 10.2. The molecule has 2 aromatic rings. The number of carbonyl (C=O) groups excluding carboxylic acids is 1. The van der Waals surface area contributed by atoms with Crippen LogP contribution in [0.3, 0.4) is 0 Å². The zero-order valence-electron chi connectivity index (χ0n) is 13.7. The molecule has 0 saturated carbocycles. The van der Waals surface area contributed by atoms with Gasteiger partial charge < -0.3 is 10.1 Å². The fourth-order valence-corrected chi connectivity index (χ4v) is 2.71. The van der Waals surface area contributed by atoms with E-state index < -0.39 is 29.1 Å². The molecule has 4 nitrogen and oxygen atoms in total. The molecule has 0 aliphatic rings. The average Bonchev–Trinajstić information content (AvgIpc) is 2.58. The van der Waals surface area contributed by atoms with Crippen molar-refractivity contribution in [3.05, 3.63) is 59.9 Å². The van der Waals surface area contributed by atoms with Crippen LogP contribution in [-0.4, -0.2) is 25.4 Å². The van der Waals surface area contributed by atoms with Crippen molar-refractivity contribution < 1.29 is 27.1 Å². The molecule has 26 heavy (non-hydrogen) atoms. The van der Waals surface area contributed by atoms with Crippen LogP contribution in [0.2, 0.25) is 0 Å². The van der Waals surface area contributed by atoms with E-state index in [4.69, 9.17) is 4.74 Å². The minimum Gasteiger partial charge on any atom is -0.364 e. The first kappa shape index (κ1) is 20.1. The summed E-state index contributed by atoms with van der Waals surface area (Å²) in [5.41, 5.74) is -3.85. The topological polar surface area (TPSA) is 41.6 Å². The van der Waals surface area contributed by atoms with E-state index in [1.54, 1.807) is 0 Å². The summed E-state index contributed by atoms with van der Waals surface area (Å²) in [6, 6.07) is 11.4. The summed E-state index contributed by atoms with van der Waals surface area (Å²) in [6.07, 6.45) is 0. The van der Waals surface area contributed by atoms with Crippen molar-refractivity contribution in [3.8, 4) is 0 Å². The SMILES string of the molecule is COCN(C(=O)NCc1ccccc1)c1ccc(SC(F)(F)F)cc1F. The van der Waals surface area contributed by atoms with Crippen LogP contribution >= 0.6 is 11.8 Å². The second-order valence-corrected chi connectivity index (χ2v) is 6.29. The number of hydrogen-bond donors (Lipinski definition) is 1. The summed E-state index contributed by atoms with van der Waals surface area (Å²) in [4.78, 5) is 13.0. The Bertz CT molecular complexity index is 741. The summed E-state index contributed by atoms with van der Waals surface area (Å²) >= 11 is -0.426. The lowest BCUT2D eigenvalue weighted by Crippen LogP contribution is -2.41. The van der Waals surface area contributed by atoms with Crippen LogP contribution in [0.5, 0.6) is 0 Å². The van der Waals surface area contributed by atoms with Gasteiger partial charge in [0, 0.05) is 18.6 Å². The zero-order valence-corrected chi connectivity index (χ0v) is 14.5. The average molecular weight is 388 g/mol. The van der Waals surface area contributed by atoms with Gasteiger partial charge in [-0.05, 0) is 35.5 Å². The summed E-state index contributed by atoms with van der Waals surface area (Å²) in [7, 11) is 1.32. The molecule has 0 atom stereocenters. The third-order valence-electron chi connectivity index (χ3n) is 3.23. The number of anilines is 1. The van der Waals surface area contributed by atoms with Gasteiger partial charge in [-0.3, -0.25) is 4.90 Å². The van der Waals surface area contributed by atoms with Crippen molar-refractivity contribution in [1.29, 1.82) is 0 Å². The molecule has 0 bridgehead atoms. The van der Waals surface area contributed by atoms with Gasteiger partial charge in [0.1, 0.15) is 12.5 Å². The first-order valence-corrected chi connectivity index (χ1v) is 8.25. The van der Waals surface area contributed by atoms with Crippen LogP contribution in [-0.2, 0) is 11.3 Å². The Hall–Kier alpha value is -2.26. The van der Waals surface area contributed by atoms with Crippen LogP contribution in [0.15, 0.2) is 53.4 Å². The Balaban J connectivity index is 2.13. The first-order valence-electron chi connectivity index (χ1n) is 7.43. The number of carbonyl (C=O) groups is 1. The van der Waals surface area contributed by atoms with Gasteiger partial charge in [0.2, 0.25) is 0 Å². The van der Waals surface area contributed by atoms with Crippen LogP contribution < -0.4 is 10.2 Å². The number of methoxy groups -OCH3 is 1. The van der Waals surface area contributed by atoms with Crippen LogP contribution in [0, 0.1) is 5.82 Å². The fourth-order valence-electron chi connectivity index (χ4n) is 2.14. The maximum atomic E-state index is 14.3. The monoisotopic (exact) mass is 388 g/mol. The quantitative estimate of drug-likeness (QED) is 0.441. The smallest absolute Gasteiger partial charge is 0.364 e. The third kappa shape index (κ3) is 5.92. The van der Waals surface area contributed by atoms with Crippen molar-refractivity contribution in [2.24, 2.45) is 0 Å². The van der Waals surface area contributed by atoms with Gasteiger partial charge in [-0.1, -0.05) is 30.3 Å². The highest BCUT2D eigenvalue weighted by Crippen LogP contribution is 2.38. The summed E-state index contributed by atoms with van der Waals surface area (Å²) in [5.74, 6) is -0.953. The van der Waals surface area contributed by atoms with E-state index in [1.807, 2.05) is 30.3 Å². The molecule has 0 aromatic heterocycles. The van der Waals surface area contributed by atoms with Gasteiger partial charge in [-0.15, -0.1) is 0 Å². The Morgan fingerprint density at radius 3 is 2.46 bits per heavy atom. The molecular formula is C17H16F4N2O2S. The van der Waals surface area contributed by atoms with Gasteiger partial charge in [-0.2, -0.15) is 13.2 Å². The molecule has 2 amide bonds. The molecular weight excluding hydrogens is 372 g/mol. The van der Waals surface area contributed by atoms with E-state index in [0.29, 0.717) is 0 Å². The summed E-state index contributed by atoms with van der Waals surface area (Å²) < 4.78 is 56.3. The molecule has 0 radical (unpaired) electrons. The van der Waals surface area contributed by atoms with Gasteiger partial charge in [0.05, 0.1) is 5.69 Å². The highest BCUT2D eigenvalue weighted by atomic mass is 32.2. The lowest BCUT2D eigenvalue weighted by Gasteiger charge is -2.23. The predicted molar refractivity (Wildman–Crippen MR) is 91.3 cm³/mol. The standard InChI is InChI=1S/C17H16F4N2O2S/c1-25-11-23(16(24)22-10-12-5-3-2-4-6-12)15-8-7-13(9-14(15)18)26-17(19,20)21/h2-9H,10-11H2,1H3,(H,22,24). The van der Waals surface area contributed by atoms with Gasteiger partial charge in [0.15, 0.2) is 0 Å². The van der Waals surface area contributed by atoms with E-state index >= 15 is 0 Å². The molecule has 0 unspecified atom stereocenters. The molecule has 2 aromatic carbocycles.